The van der Waals surface area contributed by atoms with Crippen LogP contribution in [-0.2, 0) is 10.0 Å². The van der Waals surface area contributed by atoms with E-state index in [4.69, 9.17) is 0 Å². The van der Waals surface area contributed by atoms with Crippen molar-refractivity contribution in [2.75, 3.05) is 18.4 Å². The summed E-state index contributed by atoms with van der Waals surface area (Å²) in [5.74, 6) is 0.617. The van der Waals surface area contributed by atoms with E-state index in [1.807, 2.05) is 6.92 Å². The lowest BCUT2D eigenvalue weighted by Crippen LogP contribution is -2.27. The van der Waals surface area contributed by atoms with Gasteiger partial charge in [-0.3, -0.25) is 0 Å². The van der Waals surface area contributed by atoms with Gasteiger partial charge >= 0.3 is 6.61 Å². The molecule has 1 aliphatic heterocycles. The monoisotopic (exact) mass is 397 g/mol. The number of alkyl halides is 2. The van der Waals surface area contributed by atoms with Crippen LogP contribution in [-0.4, -0.2) is 37.4 Å². The summed E-state index contributed by atoms with van der Waals surface area (Å²) in [6, 6.07) is 9.31. The first-order valence-corrected chi connectivity index (χ1v) is 10.1. The Hall–Kier alpha value is -2.26. The molecule has 27 heavy (non-hydrogen) atoms. The van der Waals surface area contributed by atoms with Crippen molar-refractivity contribution < 1.29 is 21.9 Å². The van der Waals surface area contributed by atoms with Crippen LogP contribution in [0.3, 0.4) is 0 Å². The zero-order chi connectivity index (χ0) is 19.4. The van der Waals surface area contributed by atoms with Crippen molar-refractivity contribution >= 4 is 15.8 Å². The highest BCUT2D eigenvalue weighted by atomic mass is 32.2. The van der Waals surface area contributed by atoms with Gasteiger partial charge in [-0.05, 0) is 49.6 Å². The number of nitrogens with one attached hydrogen (secondary N) is 1. The summed E-state index contributed by atoms with van der Waals surface area (Å²) in [6.45, 7) is 0.125. The molecule has 1 unspecified atom stereocenters. The molecule has 1 saturated heterocycles. The summed E-state index contributed by atoms with van der Waals surface area (Å²) in [6.07, 6.45) is 3.11. The van der Waals surface area contributed by atoms with Crippen molar-refractivity contribution in [1.29, 1.82) is 0 Å². The van der Waals surface area contributed by atoms with Crippen LogP contribution in [0, 0.1) is 0 Å². The van der Waals surface area contributed by atoms with E-state index in [0.717, 1.165) is 18.4 Å². The van der Waals surface area contributed by atoms with Gasteiger partial charge in [0.2, 0.25) is 10.0 Å². The number of rotatable bonds is 7. The summed E-state index contributed by atoms with van der Waals surface area (Å²) < 4.78 is 55.2. The van der Waals surface area contributed by atoms with E-state index in [1.165, 1.54) is 28.7 Å². The Morgan fingerprint density at radius 3 is 2.33 bits per heavy atom. The molecule has 1 fully saturated rings. The molecule has 1 aliphatic rings. The first-order valence-electron chi connectivity index (χ1n) is 8.64. The Bertz CT molecular complexity index is 852. The van der Waals surface area contributed by atoms with E-state index >= 15 is 0 Å². The van der Waals surface area contributed by atoms with Gasteiger partial charge in [0.25, 0.3) is 0 Å². The Labute approximate surface area is 157 Å². The van der Waals surface area contributed by atoms with Gasteiger partial charge in [0.15, 0.2) is 0 Å². The molecule has 3 rings (SSSR count). The topological polar surface area (TPSA) is 71.5 Å². The molecule has 1 aromatic carbocycles. The quantitative estimate of drug-likeness (QED) is 0.772. The van der Waals surface area contributed by atoms with Crippen LogP contribution in [0.1, 0.15) is 31.4 Å². The van der Waals surface area contributed by atoms with E-state index < -0.39 is 16.6 Å². The van der Waals surface area contributed by atoms with E-state index in [0.29, 0.717) is 18.9 Å². The number of nitrogens with zero attached hydrogens (tertiary/aromatic N) is 2. The van der Waals surface area contributed by atoms with Crippen LogP contribution in [0.25, 0.3) is 0 Å². The minimum atomic E-state index is -3.48. The molecule has 0 saturated carbocycles. The predicted molar refractivity (Wildman–Crippen MR) is 97.3 cm³/mol. The van der Waals surface area contributed by atoms with Crippen LogP contribution < -0.4 is 10.1 Å². The second-order valence-electron chi connectivity index (χ2n) is 6.30. The van der Waals surface area contributed by atoms with Gasteiger partial charge in [0, 0.05) is 25.3 Å². The molecule has 2 heterocycles. The lowest BCUT2D eigenvalue weighted by Gasteiger charge is -2.17. The zero-order valence-electron chi connectivity index (χ0n) is 14.8. The first kappa shape index (κ1) is 19.5. The second-order valence-corrected chi connectivity index (χ2v) is 8.24. The van der Waals surface area contributed by atoms with Crippen molar-refractivity contribution in [2.24, 2.45) is 0 Å². The molecule has 1 aromatic heterocycles. The van der Waals surface area contributed by atoms with Crippen LogP contribution in [0.2, 0.25) is 0 Å². The molecule has 0 spiro atoms. The third kappa shape index (κ3) is 4.72. The molecule has 0 radical (unpaired) electrons. The zero-order valence-corrected chi connectivity index (χ0v) is 15.6. The molecule has 0 bridgehead atoms. The number of hydrogen-bond acceptors (Lipinski definition) is 5. The fourth-order valence-corrected chi connectivity index (χ4v) is 4.40. The normalized spacial score (nSPS) is 16.4. The number of hydrogen-bond donors (Lipinski definition) is 1. The fourth-order valence-electron chi connectivity index (χ4n) is 2.94. The summed E-state index contributed by atoms with van der Waals surface area (Å²) in [5.41, 5.74) is 0.854. The Morgan fingerprint density at radius 2 is 1.78 bits per heavy atom. The largest absolute Gasteiger partial charge is 0.435 e. The van der Waals surface area contributed by atoms with Gasteiger partial charge in [0.05, 0.1) is 0 Å². The van der Waals surface area contributed by atoms with Crippen LogP contribution >= 0.6 is 0 Å². The summed E-state index contributed by atoms with van der Waals surface area (Å²) in [7, 11) is -3.48. The number of aromatic nitrogens is 1. The molecule has 2 aromatic rings. The van der Waals surface area contributed by atoms with Gasteiger partial charge in [-0.2, -0.15) is 13.1 Å². The SMILES string of the molecule is CC(Nc1ccc(S(=O)(=O)N2CCCC2)cn1)c1ccc(OC(F)F)cc1. The lowest BCUT2D eigenvalue weighted by atomic mass is 10.1. The van der Waals surface area contributed by atoms with Crippen molar-refractivity contribution in [1.82, 2.24) is 9.29 Å². The molecule has 146 valence electrons. The van der Waals surface area contributed by atoms with E-state index in [2.05, 4.69) is 15.0 Å². The maximum Gasteiger partial charge on any atom is 0.387 e. The van der Waals surface area contributed by atoms with Gasteiger partial charge in [-0.25, -0.2) is 13.4 Å². The highest BCUT2D eigenvalue weighted by molar-refractivity contribution is 7.89. The molecule has 0 amide bonds. The predicted octanol–water partition coefficient (Wildman–Crippen LogP) is 3.64. The van der Waals surface area contributed by atoms with Crippen molar-refractivity contribution in [3.63, 3.8) is 0 Å². The first-order chi connectivity index (χ1) is 12.9. The number of pyridine rings is 1. The molecular formula is C18H21F2N3O3S. The fraction of sp³-hybridized carbons (Fsp3) is 0.389. The Kier molecular flexibility index (Phi) is 5.91. The number of halogens is 2. The number of benzene rings is 1. The molecule has 1 N–H and O–H groups in total. The third-order valence-corrected chi connectivity index (χ3v) is 6.29. The average molecular weight is 397 g/mol. The molecule has 6 nitrogen and oxygen atoms in total. The lowest BCUT2D eigenvalue weighted by molar-refractivity contribution is -0.0498. The van der Waals surface area contributed by atoms with Gasteiger partial charge < -0.3 is 10.1 Å². The third-order valence-electron chi connectivity index (χ3n) is 4.41. The maximum absolute atomic E-state index is 12.5. The maximum atomic E-state index is 12.5. The van der Waals surface area contributed by atoms with Crippen LogP contribution in [0.4, 0.5) is 14.6 Å². The Balaban J connectivity index is 1.65. The molecule has 0 aliphatic carbocycles. The van der Waals surface area contributed by atoms with Crippen molar-refractivity contribution in [3.05, 3.63) is 48.2 Å². The van der Waals surface area contributed by atoms with Crippen LogP contribution in [0.5, 0.6) is 5.75 Å². The van der Waals surface area contributed by atoms with Gasteiger partial charge in [-0.1, -0.05) is 12.1 Å². The minimum absolute atomic E-state index is 0.0931. The van der Waals surface area contributed by atoms with Gasteiger partial charge in [0.1, 0.15) is 16.5 Å². The van der Waals surface area contributed by atoms with E-state index in [1.54, 1.807) is 18.2 Å². The van der Waals surface area contributed by atoms with Crippen LogP contribution in [0.15, 0.2) is 47.5 Å². The standard InChI is InChI=1S/C18H21F2N3O3S/c1-13(14-4-6-15(7-5-14)26-18(19)20)22-17-9-8-16(12-21-17)27(24,25)23-10-2-3-11-23/h4-9,12-13,18H,2-3,10-11H2,1H3,(H,21,22). The summed E-state index contributed by atoms with van der Waals surface area (Å²) >= 11 is 0. The Morgan fingerprint density at radius 1 is 1.11 bits per heavy atom. The van der Waals surface area contributed by atoms with Crippen molar-refractivity contribution in [2.45, 2.75) is 37.3 Å². The summed E-state index contributed by atoms with van der Waals surface area (Å²) in [5, 5.41) is 3.16. The average Bonchev–Trinajstić information content (AvgIpc) is 3.18. The minimum Gasteiger partial charge on any atom is -0.435 e. The van der Waals surface area contributed by atoms with E-state index in [-0.39, 0.29) is 16.7 Å². The molecule has 1 atom stereocenters. The highest BCUT2D eigenvalue weighted by Crippen LogP contribution is 2.24. The highest BCUT2D eigenvalue weighted by Gasteiger charge is 2.27. The second kappa shape index (κ2) is 8.18. The summed E-state index contributed by atoms with van der Waals surface area (Å²) in [4.78, 5) is 4.37. The smallest absolute Gasteiger partial charge is 0.387 e. The molecular weight excluding hydrogens is 376 g/mol. The van der Waals surface area contributed by atoms with Gasteiger partial charge in [-0.15, -0.1) is 0 Å². The number of sulfonamides is 1. The number of ether oxygens (including phenoxy) is 1. The van der Waals surface area contributed by atoms with Crippen molar-refractivity contribution in [3.8, 4) is 5.75 Å². The molecule has 9 heteroatoms. The number of anilines is 1. The van der Waals surface area contributed by atoms with E-state index in [9.17, 15) is 17.2 Å².